The second-order valence-electron chi connectivity index (χ2n) is 3.77. The van der Waals surface area contributed by atoms with Crippen LogP contribution < -0.4 is 5.76 Å². The number of oxazole rings is 1. The van der Waals surface area contributed by atoms with Gasteiger partial charge in [-0.1, -0.05) is 43.7 Å². The van der Waals surface area contributed by atoms with E-state index in [-0.39, 0.29) is 5.76 Å². The van der Waals surface area contributed by atoms with Crippen LogP contribution in [0.5, 0.6) is 0 Å². The molecule has 3 nitrogen and oxygen atoms in total. The Balaban J connectivity index is 2.28. The lowest BCUT2D eigenvalue weighted by atomic mass is 10.2. The van der Waals surface area contributed by atoms with Gasteiger partial charge in [-0.05, 0) is 6.42 Å². The van der Waals surface area contributed by atoms with Crippen molar-refractivity contribution in [2.45, 2.75) is 26.3 Å². The van der Waals surface area contributed by atoms with Crippen molar-refractivity contribution >= 4 is 0 Å². The van der Waals surface area contributed by atoms with E-state index in [4.69, 9.17) is 4.42 Å². The van der Waals surface area contributed by atoms with Crippen LogP contribution in [0, 0.1) is 0 Å². The van der Waals surface area contributed by atoms with Gasteiger partial charge in [0.15, 0.2) is 5.76 Å². The first-order valence-corrected chi connectivity index (χ1v) is 5.57. The van der Waals surface area contributed by atoms with Gasteiger partial charge in [-0.3, -0.25) is 4.57 Å². The van der Waals surface area contributed by atoms with Gasteiger partial charge in [-0.15, -0.1) is 0 Å². The summed E-state index contributed by atoms with van der Waals surface area (Å²) in [7, 11) is 0. The molecule has 0 aliphatic heterocycles. The highest BCUT2D eigenvalue weighted by Gasteiger charge is 2.06. The zero-order chi connectivity index (χ0) is 11.4. The largest absolute Gasteiger partial charge is 0.419 e. The van der Waals surface area contributed by atoms with Gasteiger partial charge in [0.25, 0.3) is 0 Å². The number of hydrogen-bond donors (Lipinski definition) is 0. The molecule has 0 saturated heterocycles. The average molecular weight is 217 g/mol. The number of aromatic nitrogens is 1. The van der Waals surface area contributed by atoms with Crippen LogP contribution in [0.4, 0.5) is 0 Å². The Bertz CT molecular complexity index is 496. The van der Waals surface area contributed by atoms with E-state index < -0.39 is 0 Å². The van der Waals surface area contributed by atoms with Gasteiger partial charge in [0.1, 0.15) is 0 Å². The predicted molar refractivity (Wildman–Crippen MR) is 63.3 cm³/mol. The molecule has 2 aromatic rings. The van der Waals surface area contributed by atoms with E-state index in [1.165, 1.54) is 0 Å². The van der Waals surface area contributed by atoms with Crippen LogP contribution in [0.1, 0.15) is 19.8 Å². The maximum Gasteiger partial charge on any atom is 0.419 e. The molecule has 0 radical (unpaired) electrons. The summed E-state index contributed by atoms with van der Waals surface area (Å²) in [5.41, 5.74) is 0.940. The highest BCUT2D eigenvalue weighted by atomic mass is 16.4. The summed E-state index contributed by atoms with van der Waals surface area (Å²) in [6, 6.07) is 9.66. The third kappa shape index (κ3) is 2.24. The molecular formula is C13H15NO2. The van der Waals surface area contributed by atoms with Crippen LogP contribution in [0.25, 0.3) is 11.3 Å². The fraction of sp³-hybridized carbons (Fsp3) is 0.308. The molecule has 2 rings (SSSR count). The van der Waals surface area contributed by atoms with Crippen molar-refractivity contribution in [3.63, 3.8) is 0 Å². The van der Waals surface area contributed by atoms with Crippen molar-refractivity contribution in [3.05, 3.63) is 47.1 Å². The molecule has 0 atom stereocenters. The Labute approximate surface area is 94.3 Å². The number of aryl methyl sites for hydroxylation is 1. The lowest BCUT2D eigenvalue weighted by Crippen LogP contribution is -2.12. The number of nitrogens with zero attached hydrogens (tertiary/aromatic N) is 1. The fourth-order valence-corrected chi connectivity index (χ4v) is 1.59. The molecule has 0 N–H and O–H groups in total. The van der Waals surface area contributed by atoms with Gasteiger partial charge >= 0.3 is 5.76 Å². The first-order chi connectivity index (χ1) is 7.81. The number of unbranched alkanes of at least 4 members (excludes halogenated alkanes) is 1. The summed E-state index contributed by atoms with van der Waals surface area (Å²) in [6.07, 6.45) is 3.85. The molecule has 1 heterocycles. The molecule has 1 aromatic carbocycles. The third-order valence-electron chi connectivity index (χ3n) is 2.52. The summed E-state index contributed by atoms with van der Waals surface area (Å²) in [6.45, 7) is 2.83. The average Bonchev–Trinajstić information content (AvgIpc) is 2.69. The Morgan fingerprint density at radius 1 is 1.25 bits per heavy atom. The smallest absolute Gasteiger partial charge is 0.408 e. The standard InChI is InChI=1S/C13H15NO2/c1-2-3-9-14-10-12(16-13(14)15)11-7-5-4-6-8-11/h4-8,10H,2-3,9H2,1H3. The summed E-state index contributed by atoms with van der Waals surface area (Å²) in [5.74, 6) is 0.369. The molecule has 3 heteroatoms. The van der Waals surface area contributed by atoms with Gasteiger partial charge < -0.3 is 4.42 Å². The summed E-state index contributed by atoms with van der Waals surface area (Å²) in [4.78, 5) is 11.5. The normalized spacial score (nSPS) is 10.6. The van der Waals surface area contributed by atoms with Crippen molar-refractivity contribution in [3.8, 4) is 11.3 Å². The summed E-state index contributed by atoms with van der Waals surface area (Å²) < 4.78 is 6.84. The third-order valence-corrected chi connectivity index (χ3v) is 2.52. The van der Waals surface area contributed by atoms with Crippen molar-refractivity contribution in [1.29, 1.82) is 0 Å². The van der Waals surface area contributed by atoms with Crippen LogP contribution in [0.15, 0.2) is 45.7 Å². The highest BCUT2D eigenvalue weighted by Crippen LogP contribution is 2.16. The first-order valence-electron chi connectivity index (χ1n) is 5.57. The molecular weight excluding hydrogens is 202 g/mol. The van der Waals surface area contributed by atoms with Crippen LogP contribution in [-0.4, -0.2) is 4.57 Å². The van der Waals surface area contributed by atoms with Gasteiger partial charge in [0.2, 0.25) is 0 Å². The maximum absolute atomic E-state index is 11.5. The zero-order valence-electron chi connectivity index (χ0n) is 9.35. The van der Waals surface area contributed by atoms with E-state index in [1.54, 1.807) is 10.8 Å². The monoisotopic (exact) mass is 217 g/mol. The first kappa shape index (κ1) is 10.7. The van der Waals surface area contributed by atoms with E-state index in [2.05, 4.69) is 6.92 Å². The molecule has 0 aliphatic rings. The van der Waals surface area contributed by atoms with Crippen LogP contribution in [0.3, 0.4) is 0 Å². The SMILES string of the molecule is CCCCn1cc(-c2ccccc2)oc1=O. The topological polar surface area (TPSA) is 35.1 Å². The number of hydrogen-bond acceptors (Lipinski definition) is 2. The molecule has 84 valence electrons. The minimum absolute atomic E-state index is 0.271. The molecule has 1 aromatic heterocycles. The number of rotatable bonds is 4. The Hall–Kier alpha value is -1.77. The van der Waals surface area contributed by atoms with Gasteiger partial charge in [0.05, 0.1) is 6.20 Å². The second-order valence-corrected chi connectivity index (χ2v) is 3.77. The van der Waals surface area contributed by atoms with Gasteiger partial charge in [0, 0.05) is 12.1 Å². The number of benzene rings is 1. The Morgan fingerprint density at radius 2 is 2.00 bits per heavy atom. The van der Waals surface area contributed by atoms with E-state index in [9.17, 15) is 4.79 Å². The predicted octanol–water partition coefficient (Wildman–Crippen LogP) is 2.91. The Kier molecular flexibility index (Phi) is 3.25. The van der Waals surface area contributed by atoms with Gasteiger partial charge in [-0.2, -0.15) is 0 Å². The molecule has 0 fully saturated rings. The minimum Gasteiger partial charge on any atom is -0.408 e. The van der Waals surface area contributed by atoms with Crippen LogP contribution in [0.2, 0.25) is 0 Å². The molecule has 0 aliphatic carbocycles. The lowest BCUT2D eigenvalue weighted by molar-refractivity contribution is 0.479. The van der Waals surface area contributed by atoms with Crippen molar-refractivity contribution in [2.24, 2.45) is 0 Å². The second kappa shape index (κ2) is 4.84. The van der Waals surface area contributed by atoms with E-state index >= 15 is 0 Å². The quantitative estimate of drug-likeness (QED) is 0.789. The summed E-state index contributed by atoms with van der Waals surface area (Å²) in [5, 5.41) is 0. The fourth-order valence-electron chi connectivity index (χ4n) is 1.59. The van der Waals surface area contributed by atoms with E-state index in [1.807, 2.05) is 30.3 Å². The van der Waals surface area contributed by atoms with E-state index in [0.29, 0.717) is 5.76 Å². The Morgan fingerprint density at radius 3 is 2.69 bits per heavy atom. The summed E-state index contributed by atoms with van der Waals surface area (Å²) >= 11 is 0. The zero-order valence-corrected chi connectivity index (χ0v) is 9.35. The molecule has 0 bridgehead atoms. The molecule has 0 spiro atoms. The lowest BCUT2D eigenvalue weighted by Gasteiger charge is -1.95. The molecule has 0 saturated carbocycles. The van der Waals surface area contributed by atoms with Crippen molar-refractivity contribution in [1.82, 2.24) is 4.57 Å². The maximum atomic E-state index is 11.5. The minimum atomic E-state index is -0.271. The van der Waals surface area contributed by atoms with Crippen LogP contribution in [-0.2, 0) is 6.54 Å². The molecule has 16 heavy (non-hydrogen) atoms. The van der Waals surface area contributed by atoms with Gasteiger partial charge in [-0.25, -0.2) is 4.79 Å². The van der Waals surface area contributed by atoms with Crippen LogP contribution >= 0.6 is 0 Å². The molecule has 0 amide bonds. The highest BCUT2D eigenvalue weighted by molar-refractivity contribution is 5.55. The van der Waals surface area contributed by atoms with Crippen molar-refractivity contribution in [2.75, 3.05) is 0 Å². The molecule has 0 unspecified atom stereocenters. The van der Waals surface area contributed by atoms with E-state index in [0.717, 1.165) is 24.9 Å². The van der Waals surface area contributed by atoms with Crippen molar-refractivity contribution < 1.29 is 4.42 Å².